The molecule has 0 aromatic carbocycles. The van der Waals surface area contributed by atoms with Crippen molar-refractivity contribution >= 4 is 45.5 Å². The predicted molar refractivity (Wildman–Crippen MR) is 108 cm³/mol. The monoisotopic (exact) mass is 404 g/mol. The quantitative estimate of drug-likeness (QED) is 0.237. The minimum absolute atomic E-state index is 0.0180. The van der Waals surface area contributed by atoms with E-state index in [0.717, 1.165) is 18.1 Å². The molecule has 1 rings (SSSR count). The minimum atomic E-state index is -0.876. The van der Waals surface area contributed by atoms with Gasteiger partial charge in [-0.15, -0.1) is 4.99 Å². The van der Waals surface area contributed by atoms with Crippen molar-refractivity contribution < 1.29 is 14.3 Å². The molecule has 0 radical (unpaired) electrons. The highest BCUT2D eigenvalue weighted by Gasteiger charge is 2.15. The Labute approximate surface area is 162 Å². The molecule has 1 fully saturated rings. The van der Waals surface area contributed by atoms with Crippen LogP contribution in [0.5, 0.6) is 0 Å². The van der Waals surface area contributed by atoms with Crippen molar-refractivity contribution in [3.63, 3.8) is 0 Å². The van der Waals surface area contributed by atoms with E-state index in [-0.39, 0.29) is 31.0 Å². The van der Waals surface area contributed by atoms with Crippen LogP contribution in [-0.4, -0.2) is 67.1 Å². The molecule has 0 aromatic heterocycles. The fourth-order valence-corrected chi connectivity index (χ4v) is 5.04. The lowest BCUT2D eigenvalue weighted by Crippen LogP contribution is -2.32. The highest BCUT2D eigenvalue weighted by molar-refractivity contribution is 8.77. The molecular formula is C15H28N6O3S2. The third-order valence-corrected chi connectivity index (χ3v) is 6.46. The Morgan fingerprint density at radius 3 is 2.69 bits per heavy atom. The summed E-state index contributed by atoms with van der Waals surface area (Å²) in [5.74, 6) is 1.03. The molecular weight excluding hydrogens is 376 g/mol. The first-order valence-electron chi connectivity index (χ1n) is 8.46. The van der Waals surface area contributed by atoms with Crippen molar-refractivity contribution in [3.05, 3.63) is 0 Å². The number of guanidine groups is 2. The normalized spacial score (nSPS) is 17.8. The van der Waals surface area contributed by atoms with Crippen LogP contribution in [0.2, 0.25) is 0 Å². The summed E-state index contributed by atoms with van der Waals surface area (Å²) in [6, 6.07) is 0. The van der Waals surface area contributed by atoms with Crippen LogP contribution >= 0.6 is 21.6 Å². The van der Waals surface area contributed by atoms with E-state index in [2.05, 4.69) is 15.3 Å². The van der Waals surface area contributed by atoms with Crippen molar-refractivity contribution in [1.29, 1.82) is 0 Å². The molecule has 0 saturated carbocycles. The Bertz CT molecular complexity index is 522. The molecule has 0 aliphatic carbocycles. The summed E-state index contributed by atoms with van der Waals surface area (Å²) in [7, 11) is 7.25. The van der Waals surface area contributed by atoms with Crippen molar-refractivity contribution in [2.24, 2.45) is 21.5 Å². The van der Waals surface area contributed by atoms with E-state index in [1.165, 1.54) is 23.5 Å². The second-order valence-corrected chi connectivity index (χ2v) is 8.66. The van der Waals surface area contributed by atoms with Gasteiger partial charge in [0.25, 0.3) is 0 Å². The van der Waals surface area contributed by atoms with Gasteiger partial charge in [-0.3, -0.25) is 4.79 Å². The van der Waals surface area contributed by atoms with Crippen LogP contribution in [-0.2, 0) is 9.53 Å². The SMILES string of the molecule is CN(C)C(N)=NC(N)=NC(=O)OCCNC(=O)CCCCC1CCSS1. The Kier molecular flexibility index (Phi) is 10.9. The zero-order valence-electron chi connectivity index (χ0n) is 15.3. The zero-order chi connectivity index (χ0) is 19.4. The molecule has 0 aromatic rings. The number of rotatable bonds is 8. The topological polar surface area (TPSA) is 135 Å². The van der Waals surface area contributed by atoms with Gasteiger partial charge in [-0.25, -0.2) is 4.79 Å². The van der Waals surface area contributed by atoms with Crippen molar-refractivity contribution in [1.82, 2.24) is 10.2 Å². The van der Waals surface area contributed by atoms with Gasteiger partial charge in [0, 0.05) is 31.5 Å². The third-order valence-electron chi connectivity index (χ3n) is 3.45. The maximum atomic E-state index is 11.7. The first-order valence-corrected chi connectivity index (χ1v) is 10.8. The summed E-state index contributed by atoms with van der Waals surface area (Å²) >= 11 is 0. The fourth-order valence-electron chi connectivity index (χ4n) is 2.01. The standard InChI is InChI=1S/C15H28N6O3S2/c1-21(2)14(17)19-13(16)20-15(23)24-9-8-18-12(22)6-4-3-5-11-7-10-25-26-11/h11H,3-10H2,1-2H3,(H,18,22)(H4,16,17,19,20,23). The Morgan fingerprint density at radius 1 is 1.27 bits per heavy atom. The van der Waals surface area contributed by atoms with Crippen molar-refractivity contribution in [3.8, 4) is 0 Å². The van der Waals surface area contributed by atoms with Gasteiger partial charge >= 0.3 is 6.09 Å². The molecule has 148 valence electrons. The molecule has 11 heteroatoms. The molecule has 9 nitrogen and oxygen atoms in total. The molecule has 1 unspecified atom stereocenters. The number of nitrogens with zero attached hydrogens (tertiary/aromatic N) is 3. The minimum Gasteiger partial charge on any atom is -0.446 e. The average Bonchev–Trinajstić information content (AvgIpc) is 3.08. The van der Waals surface area contributed by atoms with Crippen LogP contribution in [0.3, 0.4) is 0 Å². The number of nitrogens with two attached hydrogens (primary N) is 2. The van der Waals surface area contributed by atoms with Gasteiger partial charge in [-0.05, 0) is 19.3 Å². The number of hydrogen-bond acceptors (Lipinski definition) is 5. The predicted octanol–water partition coefficient (Wildman–Crippen LogP) is 1.14. The third kappa shape index (κ3) is 10.4. The molecule has 0 bridgehead atoms. The van der Waals surface area contributed by atoms with Crippen LogP contribution in [0.15, 0.2) is 9.98 Å². The number of ether oxygens (including phenoxy) is 1. The van der Waals surface area contributed by atoms with Crippen molar-refractivity contribution in [2.75, 3.05) is 33.0 Å². The molecule has 2 amide bonds. The molecule has 1 saturated heterocycles. The molecule has 5 N–H and O–H groups in total. The van der Waals surface area contributed by atoms with E-state index in [1.807, 2.05) is 21.6 Å². The van der Waals surface area contributed by atoms with Crippen molar-refractivity contribution in [2.45, 2.75) is 37.4 Å². The zero-order valence-corrected chi connectivity index (χ0v) is 16.9. The molecule has 26 heavy (non-hydrogen) atoms. The van der Waals surface area contributed by atoms with Gasteiger partial charge in [-0.2, -0.15) is 4.99 Å². The maximum absolute atomic E-state index is 11.7. The summed E-state index contributed by atoms with van der Waals surface area (Å²) in [6.45, 7) is 0.252. The number of amides is 2. The van der Waals surface area contributed by atoms with Crippen LogP contribution in [0.25, 0.3) is 0 Å². The van der Waals surface area contributed by atoms with E-state index in [4.69, 9.17) is 16.2 Å². The number of hydrogen-bond donors (Lipinski definition) is 3. The summed E-state index contributed by atoms with van der Waals surface area (Å²) < 4.78 is 4.85. The number of carbonyl (C=O) groups is 2. The van der Waals surface area contributed by atoms with Gasteiger partial charge < -0.3 is 26.4 Å². The van der Waals surface area contributed by atoms with Crippen LogP contribution in [0, 0.1) is 0 Å². The summed E-state index contributed by atoms with van der Waals surface area (Å²) in [6.07, 6.45) is 3.99. The van der Waals surface area contributed by atoms with E-state index in [1.54, 1.807) is 14.1 Å². The van der Waals surface area contributed by atoms with Crippen LogP contribution < -0.4 is 16.8 Å². The summed E-state index contributed by atoms with van der Waals surface area (Å²) in [4.78, 5) is 31.8. The number of unbranched alkanes of at least 4 members (excludes halogenated alkanes) is 1. The van der Waals surface area contributed by atoms with E-state index in [9.17, 15) is 9.59 Å². The number of aliphatic imine (C=N–C) groups is 2. The fraction of sp³-hybridized carbons (Fsp3) is 0.733. The van der Waals surface area contributed by atoms with Crippen LogP contribution in [0.1, 0.15) is 32.1 Å². The van der Waals surface area contributed by atoms with Crippen LogP contribution in [0.4, 0.5) is 4.79 Å². The molecule has 0 spiro atoms. The van der Waals surface area contributed by atoms with Gasteiger partial charge in [0.2, 0.25) is 11.9 Å². The molecule has 1 heterocycles. The highest BCUT2D eigenvalue weighted by Crippen LogP contribution is 2.39. The largest absolute Gasteiger partial charge is 0.446 e. The lowest BCUT2D eigenvalue weighted by molar-refractivity contribution is -0.121. The highest BCUT2D eigenvalue weighted by atomic mass is 33.1. The van der Waals surface area contributed by atoms with Gasteiger partial charge in [0.1, 0.15) is 6.61 Å². The first-order chi connectivity index (χ1) is 12.4. The smallest absolute Gasteiger partial charge is 0.436 e. The Hall–Kier alpha value is -1.62. The molecule has 1 aliphatic heterocycles. The lowest BCUT2D eigenvalue weighted by Gasteiger charge is -2.09. The van der Waals surface area contributed by atoms with Gasteiger partial charge in [-0.1, -0.05) is 28.0 Å². The Balaban J connectivity index is 2.08. The number of carbonyl (C=O) groups excluding carboxylic acids is 2. The van der Waals surface area contributed by atoms with Gasteiger partial charge in [0.05, 0.1) is 6.54 Å². The number of nitrogens with one attached hydrogen (secondary N) is 1. The lowest BCUT2D eigenvalue weighted by atomic mass is 10.1. The van der Waals surface area contributed by atoms with E-state index in [0.29, 0.717) is 6.42 Å². The molecule has 1 atom stereocenters. The average molecular weight is 405 g/mol. The Morgan fingerprint density at radius 2 is 2.04 bits per heavy atom. The van der Waals surface area contributed by atoms with Gasteiger partial charge in [0.15, 0.2) is 5.96 Å². The first kappa shape index (κ1) is 22.4. The second kappa shape index (κ2) is 12.7. The maximum Gasteiger partial charge on any atom is 0.436 e. The van der Waals surface area contributed by atoms with E-state index >= 15 is 0 Å². The second-order valence-electron chi connectivity index (χ2n) is 5.87. The van der Waals surface area contributed by atoms with E-state index < -0.39 is 6.09 Å². The summed E-state index contributed by atoms with van der Waals surface area (Å²) in [5, 5.41) is 3.45. The molecule has 1 aliphatic rings. The summed E-state index contributed by atoms with van der Waals surface area (Å²) in [5.41, 5.74) is 11.0.